The number of esters is 1. The molecule has 1 unspecified atom stereocenters. The first-order chi connectivity index (χ1) is 9.13. The van der Waals surface area contributed by atoms with Crippen molar-refractivity contribution in [2.75, 3.05) is 20.2 Å². The number of methoxy groups -OCH3 is 1. The van der Waals surface area contributed by atoms with Gasteiger partial charge in [0.15, 0.2) is 0 Å². The maximum Gasteiger partial charge on any atom is 0.327 e. The lowest BCUT2D eigenvalue weighted by atomic mass is 9.93. The molecule has 1 aromatic rings. The maximum absolute atomic E-state index is 12.0. The molecule has 0 aromatic carbocycles. The van der Waals surface area contributed by atoms with E-state index in [0.717, 1.165) is 38.3 Å². The van der Waals surface area contributed by atoms with E-state index < -0.39 is 5.54 Å². The van der Waals surface area contributed by atoms with Crippen LogP contribution in [0.5, 0.6) is 0 Å². The number of imidazole rings is 1. The number of nitrogens with zero attached hydrogens (tertiary/aromatic N) is 3. The molecule has 1 aliphatic carbocycles. The average Bonchev–Trinajstić information content (AvgIpc) is 3.17. The van der Waals surface area contributed by atoms with Gasteiger partial charge in [-0.15, -0.1) is 0 Å². The first-order valence-electron chi connectivity index (χ1n) is 6.73. The molecule has 1 aliphatic heterocycles. The van der Waals surface area contributed by atoms with Gasteiger partial charge < -0.3 is 15.0 Å². The normalized spacial score (nSPS) is 22.6. The molecule has 3 rings (SSSR count). The highest BCUT2D eigenvalue weighted by Crippen LogP contribution is 2.39. The fourth-order valence-electron chi connectivity index (χ4n) is 2.88. The molecule has 104 valence electrons. The van der Waals surface area contributed by atoms with Crippen LogP contribution in [0.3, 0.4) is 0 Å². The van der Waals surface area contributed by atoms with E-state index >= 15 is 0 Å². The molecule has 1 saturated carbocycles. The summed E-state index contributed by atoms with van der Waals surface area (Å²) in [5, 5.41) is 0. The summed E-state index contributed by atoms with van der Waals surface area (Å²) in [5.41, 5.74) is 5.48. The van der Waals surface area contributed by atoms with E-state index in [0.29, 0.717) is 6.54 Å². The van der Waals surface area contributed by atoms with E-state index in [1.54, 1.807) is 0 Å². The Labute approximate surface area is 112 Å². The summed E-state index contributed by atoms with van der Waals surface area (Å²) in [6.45, 7) is 3.09. The number of hydrogen-bond acceptors (Lipinski definition) is 5. The lowest BCUT2D eigenvalue weighted by Gasteiger charge is -2.35. The molecule has 1 aromatic heterocycles. The van der Waals surface area contributed by atoms with Crippen LogP contribution < -0.4 is 5.73 Å². The Kier molecular flexibility index (Phi) is 3.06. The highest BCUT2D eigenvalue weighted by Gasteiger charge is 2.50. The van der Waals surface area contributed by atoms with Crippen LogP contribution in [-0.4, -0.2) is 46.2 Å². The zero-order valence-corrected chi connectivity index (χ0v) is 11.2. The van der Waals surface area contributed by atoms with E-state index in [9.17, 15) is 4.79 Å². The first kappa shape index (κ1) is 12.6. The minimum Gasteiger partial charge on any atom is -0.468 e. The zero-order valence-electron chi connectivity index (χ0n) is 11.2. The van der Waals surface area contributed by atoms with Gasteiger partial charge in [0.1, 0.15) is 11.4 Å². The molecular weight excluding hydrogens is 244 g/mol. The third kappa shape index (κ3) is 2.26. The minimum absolute atomic E-state index is 0.265. The number of fused-ring (bicyclic) bond motifs is 1. The maximum atomic E-state index is 12.0. The SMILES string of the molecule is COC(=O)C(N)(CN1CCn2ccnc2C1)C1CC1. The number of hydrogen-bond donors (Lipinski definition) is 1. The van der Waals surface area contributed by atoms with Gasteiger partial charge in [0.2, 0.25) is 0 Å². The highest BCUT2D eigenvalue weighted by atomic mass is 16.5. The van der Waals surface area contributed by atoms with Gasteiger partial charge in [0.25, 0.3) is 0 Å². The number of carbonyl (C=O) groups excluding carboxylic acids is 1. The largest absolute Gasteiger partial charge is 0.468 e. The Balaban J connectivity index is 1.72. The minimum atomic E-state index is -0.858. The molecule has 6 heteroatoms. The van der Waals surface area contributed by atoms with Crippen molar-refractivity contribution in [3.05, 3.63) is 18.2 Å². The Bertz CT molecular complexity index is 483. The predicted molar refractivity (Wildman–Crippen MR) is 69.2 cm³/mol. The molecule has 2 N–H and O–H groups in total. The van der Waals surface area contributed by atoms with Crippen LogP contribution in [0.15, 0.2) is 12.4 Å². The number of rotatable bonds is 4. The van der Waals surface area contributed by atoms with Gasteiger partial charge >= 0.3 is 5.97 Å². The zero-order chi connectivity index (χ0) is 13.5. The van der Waals surface area contributed by atoms with Crippen LogP contribution in [-0.2, 0) is 22.6 Å². The Morgan fingerprint density at radius 3 is 3.05 bits per heavy atom. The Morgan fingerprint density at radius 2 is 2.37 bits per heavy atom. The quantitative estimate of drug-likeness (QED) is 0.774. The molecule has 0 spiro atoms. The molecule has 1 atom stereocenters. The third-order valence-corrected chi connectivity index (χ3v) is 4.18. The number of aromatic nitrogens is 2. The van der Waals surface area contributed by atoms with Gasteiger partial charge in [-0.1, -0.05) is 0 Å². The monoisotopic (exact) mass is 264 g/mol. The van der Waals surface area contributed by atoms with Crippen LogP contribution >= 0.6 is 0 Å². The average molecular weight is 264 g/mol. The Hall–Kier alpha value is -1.40. The van der Waals surface area contributed by atoms with Crippen LogP contribution in [0.2, 0.25) is 0 Å². The van der Waals surface area contributed by atoms with Gasteiger partial charge in [-0.2, -0.15) is 0 Å². The smallest absolute Gasteiger partial charge is 0.327 e. The summed E-state index contributed by atoms with van der Waals surface area (Å²) in [4.78, 5) is 18.5. The summed E-state index contributed by atoms with van der Waals surface area (Å²) in [6.07, 6.45) is 5.85. The van der Waals surface area contributed by atoms with Crippen molar-refractivity contribution in [1.82, 2.24) is 14.5 Å². The van der Waals surface area contributed by atoms with E-state index in [1.807, 2.05) is 12.4 Å². The molecule has 0 radical (unpaired) electrons. The van der Waals surface area contributed by atoms with E-state index in [2.05, 4.69) is 14.5 Å². The highest BCUT2D eigenvalue weighted by molar-refractivity contribution is 5.81. The van der Waals surface area contributed by atoms with Crippen molar-refractivity contribution < 1.29 is 9.53 Å². The van der Waals surface area contributed by atoms with E-state index in [-0.39, 0.29) is 11.9 Å². The van der Waals surface area contributed by atoms with Crippen molar-refractivity contribution in [3.8, 4) is 0 Å². The predicted octanol–water partition coefficient (Wildman–Crippen LogP) is -0.0208. The molecule has 2 heterocycles. The van der Waals surface area contributed by atoms with Gasteiger partial charge in [0.05, 0.1) is 13.7 Å². The molecular formula is C13H20N4O2. The molecule has 2 aliphatic rings. The van der Waals surface area contributed by atoms with Crippen molar-refractivity contribution in [1.29, 1.82) is 0 Å². The fourth-order valence-corrected chi connectivity index (χ4v) is 2.88. The standard InChI is InChI=1S/C13H20N4O2/c1-19-12(18)13(14,10-2-3-10)9-16-6-7-17-5-4-15-11(17)8-16/h4-5,10H,2-3,6-9,14H2,1H3. The van der Waals surface area contributed by atoms with Crippen molar-refractivity contribution in [2.45, 2.75) is 31.5 Å². The van der Waals surface area contributed by atoms with Crippen LogP contribution in [0.25, 0.3) is 0 Å². The molecule has 19 heavy (non-hydrogen) atoms. The van der Waals surface area contributed by atoms with Gasteiger partial charge in [-0.05, 0) is 18.8 Å². The summed E-state index contributed by atoms with van der Waals surface area (Å²) in [6, 6.07) is 0. The summed E-state index contributed by atoms with van der Waals surface area (Å²) < 4.78 is 7.04. The van der Waals surface area contributed by atoms with Crippen molar-refractivity contribution in [3.63, 3.8) is 0 Å². The topological polar surface area (TPSA) is 73.4 Å². The summed E-state index contributed by atoms with van der Waals surface area (Å²) in [7, 11) is 1.41. The van der Waals surface area contributed by atoms with Gasteiger partial charge in [-0.3, -0.25) is 9.69 Å². The van der Waals surface area contributed by atoms with Crippen LogP contribution in [0.4, 0.5) is 0 Å². The summed E-state index contributed by atoms with van der Waals surface area (Å²) >= 11 is 0. The second-order valence-electron chi connectivity index (χ2n) is 5.55. The second-order valence-corrected chi connectivity index (χ2v) is 5.55. The fraction of sp³-hybridized carbons (Fsp3) is 0.692. The first-order valence-corrected chi connectivity index (χ1v) is 6.73. The van der Waals surface area contributed by atoms with Crippen LogP contribution in [0.1, 0.15) is 18.7 Å². The number of nitrogens with two attached hydrogens (primary N) is 1. The third-order valence-electron chi connectivity index (χ3n) is 4.18. The van der Waals surface area contributed by atoms with E-state index in [1.165, 1.54) is 7.11 Å². The molecule has 1 fully saturated rings. The van der Waals surface area contributed by atoms with Gasteiger partial charge in [0, 0.05) is 32.0 Å². The molecule has 6 nitrogen and oxygen atoms in total. The van der Waals surface area contributed by atoms with Crippen molar-refractivity contribution in [2.24, 2.45) is 11.7 Å². The lowest BCUT2D eigenvalue weighted by molar-refractivity contribution is -0.149. The number of ether oxygens (including phenoxy) is 1. The summed E-state index contributed by atoms with van der Waals surface area (Å²) in [5.74, 6) is 1.01. The van der Waals surface area contributed by atoms with Crippen LogP contribution in [0, 0.1) is 5.92 Å². The lowest BCUT2D eigenvalue weighted by Crippen LogP contribution is -2.59. The van der Waals surface area contributed by atoms with E-state index in [4.69, 9.17) is 10.5 Å². The van der Waals surface area contributed by atoms with Gasteiger partial charge in [-0.25, -0.2) is 4.98 Å². The number of carbonyl (C=O) groups is 1. The molecule has 0 bridgehead atoms. The molecule has 0 saturated heterocycles. The second kappa shape index (κ2) is 4.61. The molecule has 0 amide bonds. The van der Waals surface area contributed by atoms with Crippen molar-refractivity contribution >= 4 is 5.97 Å². The Morgan fingerprint density at radius 1 is 1.58 bits per heavy atom.